The third kappa shape index (κ3) is 5.48. The summed E-state index contributed by atoms with van der Waals surface area (Å²) < 4.78 is 1.18. The Morgan fingerprint density at radius 3 is 2.57 bits per heavy atom. The Kier molecular flexibility index (Phi) is 7.30. The molecule has 2 aromatic heterocycles. The fourth-order valence-electron chi connectivity index (χ4n) is 4.47. The quantitative estimate of drug-likeness (QED) is 0.256. The van der Waals surface area contributed by atoms with E-state index in [1.54, 1.807) is 22.7 Å². The molecule has 0 atom stereocenters. The topological polar surface area (TPSA) is 45.2 Å². The number of para-hydroxylation sites is 1. The molecule has 1 N–H and O–H groups in total. The number of nitrogens with zero attached hydrogens (tertiary/aromatic N) is 2. The molecule has 182 valence electrons. The molecule has 0 saturated heterocycles. The molecule has 0 unspecified atom stereocenters. The summed E-state index contributed by atoms with van der Waals surface area (Å²) in [6.07, 6.45) is 1.35. The Morgan fingerprint density at radius 2 is 1.86 bits per heavy atom. The number of thiazole rings is 1. The molecule has 1 aliphatic rings. The van der Waals surface area contributed by atoms with Gasteiger partial charge < -0.3 is 5.32 Å². The van der Waals surface area contributed by atoms with Crippen molar-refractivity contribution in [2.45, 2.75) is 63.3 Å². The number of thiophene rings is 1. The Hall–Kier alpha value is -2.19. The van der Waals surface area contributed by atoms with Crippen LogP contribution in [0.2, 0.25) is 0 Å². The first-order valence-electron chi connectivity index (χ1n) is 12.2. The molecule has 0 fully saturated rings. The number of benzene rings is 2. The lowest BCUT2D eigenvalue weighted by molar-refractivity contribution is -0.115. The van der Waals surface area contributed by atoms with E-state index in [1.165, 1.54) is 20.0 Å². The van der Waals surface area contributed by atoms with Crippen LogP contribution in [-0.2, 0) is 24.2 Å². The molecule has 7 heteroatoms. The molecule has 0 spiro atoms. The Labute approximate surface area is 219 Å². The van der Waals surface area contributed by atoms with Gasteiger partial charge in [-0.2, -0.15) is 0 Å². The highest BCUT2D eigenvalue weighted by atomic mass is 32.2. The van der Waals surface area contributed by atoms with Gasteiger partial charge in [0.15, 0.2) is 0 Å². The van der Waals surface area contributed by atoms with Crippen LogP contribution in [0.3, 0.4) is 0 Å². The molecular weight excluding hydrogens is 491 g/mol. The summed E-state index contributed by atoms with van der Waals surface area (Å²) in [4.78, 5) is 23.2. The summed E-state index contributed by atoms with van der Waals surface area (Å²) in [5, 5.41) is 5.76. The second-order valence-corrected chi connectivity index (χ2v) is 13.3. The average Bonchev–Trinajstić information content (AvgIpc) is 3.39. The Morgan fingerprint density at radius 1 is 1.09 bits per heavy atom. The third-order valence-electron chi connectivity index (χ3n) is 6.24. The fourth-order valence-corrected chi connectivity index (χ4v) is 7.71. The molecule has 3 heterocycles. The van der Waals surface area contributed by atoms with Gasteiger partial charge in [-0.25, -0.2) is 4.98 Å². The summed E-state index contributed by atoms with van der Waals surface area (Å²) >= 11 is 5.28. The molecule has 1 aliphatic heterocycles. The molecular formula is C28H31N3OS3. The maximum absolute atomic E-state index is 13.1. The molecule has 2 aromatic carbocycles. The van der Waals surface area contributed by atoms with Crippen molar-refractivity contribution >= 4 is 55.6 Å². The van der Waals surface area contributed by atoms with E-state index in [4.69, 9.17) is 4.98 Å². The van der Waals surface area contributed by atoms with Gasteiger partial charge in [0, 0.05) is 39.7 Å². The smallest absolute Gasteiger partial charge is 0.229 e. The molecule has 0 radical (unpaired) electrons. The van der Waals surface area contributed by atoms with Crippen molar-refractivity contribution in [2.75, 3.05) is 11.9 Å². The number of carbonyl (C=O) groups is 1. The molecule has 35 heavy (non-hydrogen) atoms. The van der Waals surface area contributed by atoms with E-state index >= 15 is 0 Å². The minimum atomic E-state index is 0.0240. The zero-order valence-electron chi connectivity index (χ0n) is 20.6. The Balaban J connectivity index is 1.43. The molecule has 0 aliphatic carbocycles. The van der Waals surface area contributed by atoms with Crippen LogP contribution in [0.25, 0.3) is 20.8 Å². The zero-order valence-corrected chi connectivity index (χ0v) is 23.1. The van der Waals surface area contributed by atoms with Gasteiger partial charge in [0.2, 0.25) is 5.91 Å². The maximum atomic E-state index is 13.1. The molecule has 0 bridgehead atoms. The van der Waals surface area contributed by atoms with Crippen molar-refractivity contribution in [1.82, 2.24) is 9.88 Å². The van der Waals surface area contributed by atoms with Crippen LogP contribution in [-0.4, -0.2) is 33.6 Å². The highest BCUT2D eigenvalue weighted by Gasteiger charge is 2.28. The number of amides is 1. The second-order valence-electron chi connectivity index (χ2n) is 9.54. The summed E-state index contributed by atoms with van der Waals surface area (Å²) in [6.45, 7) is 10.8. The summed E-state index contributed by atoms with van der Waals surface area (Å²) in [5.41, 5.74) is 4.54. The van der Waals surface area contributed by atoms with Gasteiger partial charge in [-0.1, -0.05) is 38.1 Å². The number of fused-ring (bicyclic) bond motifs is 2. The van der Waals surface area contributed by atoms with Crippen molar-refractivity contribution < 1.29 is 4.79 Å². The number of aromatic nitrogens is 1. The van der Waals surface area contributed by atoms with Crippen LogP contribution in [0.15, 0.2) is 53.4 Å². The largest absolute Gasteiger partial charge is 0.317 e. The van der Waals surface area contributed by atoms with Crippen molar-refractivity contribution in [3.63, 3.8) is 0 Å². The average molecular weight is 522 g/mol. The van der Waals surface area contributed by atoms with E-state index < -0.39 is 0 Å². The van der Waals surface area contributed by atoms with E-state index in [-0.39, 0.29) is 5.91 Å². The minimum Gasteiger partial charge on any atom is -0.317 e. The van der Waals surface area contributed by atoms with E-state index in [0.717, 1.165) is 46.2 Å². The molecule has 1 amide bonds. The zero-order chi connectivity index (χ0) is 24.5. The van der Waals surface area contributed by atoms with Crippen molar-refractivity contribution in [1.29, 1.82) is 0 Å². The Bertz CT molecular complexity index is 1300. The monoisotopic (exact) mass is 521 g/mol. The lowest BCUT2D eigenvalue weighted by Gasteiger charge is -2.30. The number of anilines is 1. The molecule has 4 nitrogen and oxygen atoms in total. The predicted octanol–water partition coefficient (Wildman–Crippen LogP) is 7.47. The first-order valence-corrected chi connectivity index (χ1v) is 14.7. The maximum Gasteiger partial charge on any atom is 0.229 e. The normalized spacial score (nSPS) is 14.1. The number of thioether (sulfide) groups is 1. The second kappa shape index (κ2) is 10.4. The number of hydrogen-bond acceptors (Lipinski definition) is 6. The minimum absolute atomic E-state index is 0.0240. The van der Waals surface area contributed by atoms with Gasteiger partial charge in [-0.3, -0.25) is 9.69 Å². The number of rotatable bonds is 7. The predicted molar refractivity (Wildman–Crippen MR) is 152 cm³/mol. The van der Waals surface area contributed by atoms with E-state index in [0.29, 0.717) is 17.7 Å². The first kappa shape index (κ1) is 24.5. The van der Waals surface area contributed by atoms with Gasteiger partial charge in [0.1, 0.15) is 10.0 Å². The van der Waals surface area contributed by atoms with Crippen molar-refractivity contribution in [3.8, 4) is 10.6 Å². The highest BCUT2D eigenvalue weighted by molar-refractivity contribution is 7.99. The summed E-state index contributed by atoms with van der Waals surface area (Å²) in [5.74, 6) is 0.0240. The van der Waals surface area contributed by atoms with E-state index in [1.807, 2.05) is 17.8 Å². The highest BCUT2D eigenvalue weighted by Crippen LogP contribution is 2.46. The summed E-state index contributed by atoms with van der Waals surface area (Å²) in [7, 11) is 0. The molecule has 4 aromatic rings. The van der Waals surface area contributed by atoms with Gasteiger partial charge in [0.25, 0.3) is 0 Å². The van der Waals surface area contributed by atoms with Gasteiger partial charge in [-0.15, -0.1) is 34.4 Å². The number of carbonyl (C=O) groups excluding carboxylic acids is 1. The van der Waals surface area contributed by atoms with Crippen LogP contribution < -0.4 is 5.32 Å². The van der Waals surface area contributed by atoms with E-state index in [2.05, 4.69) is 80.4 Å². The SMILES string of the molecule is CC(C)Sc1ccc(CC(=O)Nc2sc3c(c2-c2nc4ccccc4s2)CCN(C(C)C)C3)cc1. The number of nitrogens with one attached hydrogen (secondary N) is 1. The number of hydrogen-bond donors (Lipinski definition) is 1. The van der Waals surface area contributed by atoms with Gasteiger partial charge in [-0.05, 0) is 55.7 Å². The standard InChI is InChI=1S/C28H31N3OS3/c1-17(2)31-14-13-21-24(16-31)35-28(26(21)27-29-22-7-5-6-8-23(22)34-27)30-25(32)15-19-9-11-20(12-10-19)33-18(3)4/h5-12,17-18H,13-16H2,1-4H3,(H,30,32). The molecule has 0 saturated carbocycles. The van der Waals surface area contributed by atoms with Crippen LogP contribution in [0.1, 0.15) is 43.7 Å². The summed E-state index contributed by atoms with van der Waals surface area (Å²) in [6, 6.07) is 17.1. The van der Waals surface area contributed by atoms with Crippen LogP contribution in [0.4, 0.5) is 5.00 Å². The lowest BCUT2D eigenvalue weighted by Crippen LogP contribution is -2.35. The molecule has 5 rings (SSSR count). The first-order chi connectivity index (χ1) is 16.9. The fraction of sp³-hybridized carbons (Fsp3) is 0.357. The van der Waals surface area contributed by atoms with Crippen molar-refractivity contribution in [2.24, 2.45) is 0 Å². The van der Waals surface area contributed by atoms with Crippen LogP contribution in [0, 0.1) is 0 Å². The van der Waals surface area contributed by atoms with Gasteiger partial charge in [0.05, 0.1) is 16.6 Å². The van der Waals surface area contributed by atoms with E-state index in [9.17, 15) is 4.79 Å². The lowest BCUT2D eigenvalue weighted by atomic mass is 10.0. The third-order valence-corrected chi connectivity index (χ3v) is 9.44. The van der Waals surface area contributed by atoms with Crippen LogP contribution in [0.5, 0.6) is 0 Å². The van der Waals surface area contributed by atoms with Gasteiger partial charge >= 0.3 is 0 Å². The van der Waals surface area contributed by atoms with Crippen molar-refractivity contribution in [3.05, 3.63) is 64.5 Å². The van der Waals surface area contributed by atoms with Crippen LogP contribution >= 0.6 is 34.4 Å².